The maximum Gasteiger partial charge on any atom is 0.242 e. The van der Waals surface area contributed by atoms with Crippen LogP contribution in [0.25, 0.3) is 0 Å². The van der Waals surface area contributed by atoms with Crippen molar-refractivity contribution in [1.29, 1.82) is 0 Å². The third-order valence-corrected chi connectivity index (χ3v) is 10.1. The van der Waals surface area contributed by atoms with E-state index in [1.165, 1.54) is 140 Å². The molecule has 8 nitrogen and oxygen atoms in total. The van der Waals surface area contributed by atoms with Crippen LogP contribution in [0.4, 0.5) is 0 Å². The number of ether oxygens (including phenoxy) is 2. The summed E-state index contributed by atoms with van der Waals surface area (Å²) < 4.78 is 11.5. The Kier molecular flexibility index (Phi) is 59.9. The van der Waals surface area contributed by atoms with Gasteiger partial charge in [-0.3, -0.25) is 14.4 Å². The van der Waals surface area contributed by atoms with E-state index in [1.54, 1.807) is 0 Å². The molecule has 8 heteroatoms. The standard InChI is InChI=1S/C42H81N3O5.C6H12.C3H8.C2H6/c1-6-9-11-13-15-17-19-21-23-25-33-49-35-27-31-43-40(46)30-29-39(45-41(47)38(8-3)37(4)5)42(48)44-32-28-36-50-34-26-24-22-20-18-16-14-12-10-7-2;1-4-5-6(2)3;1-3-2;1-2/h38-39H,4,6-36H2,1-3,5H3,(H,43,46)(H,44,48)(H,45,47);2,4-5H2,1,3H3;3H2,1-2H3;1-2H3. The number of unbranched alkanes of at least 4 members (excludes halogenated alkanes) is 18. The van der Waals surface area contributed by atoms with E-state index in [0.717, 1.165) is 38.0 Å². The van der Waals surface area contributed by atoms with Gasteiger partial charge in [0, 0.05) is 45.9 Å². The van der Waals surface area contributed by atoms with E-state index in [0.29, 0.717) is 39.1 Å². The molecule has 0 aliphatic carbocycles. The van der Waals surface area contributed by atoms with Crippen LogP contribution in [0, 0.1) is 5.92 Å². The Morgan fingerprint density at radius 3 is 1.21 bits per heavy atom. The summed E-state index contributed by atoms with van der Waals surface area (Å²) in [5.41, 5.74) is 2.05. The van der Waals surface area contributed by atoms with Gasteiger partial charge < -0.3 is 25.4 Å². The van der Waals surface area contributed by atoms with Crippen molar-refractivity contribution >= 4 is 17.7 Å². The average molecular weight is 866 g/mol. The Hall–Kier alpha value is -2.19. The number of amides is 3. The number of rotatable bonds is 40. The minimum Gasteiger partial charge on any atom is -0.381 e. The summed E-state index contributed by atoms with van der Waals surface area (Å²) in [6.07, 6.45) is 32.2. The van der Waals surface area contributed by atoms with Crippen LogP contribution in [0.1, 0.15) is 249 Å². The molecule has 0 saturated heterocycles. The van der Waals surface area contributed by atoms with Crippen molar-refractivity contribution < 1.29 is 23.9 Å². The molecule has 0 radical (unpaired) electrons. The average Bonchev–Trinajstić information content (AvgIpc) is 3.23. The number of carbonyl (C=O) groups is 3. The summed E-state index contributed by atoms with van der Waals surface area (Å²) in [4.78, 5) is 38.6. The van der Waals surface area contributed by atoms with Crippen molar-refractivity contribution in [3.63, 3.8) is 0 Å². The van der Waals surface area contributed by atoms with Gasteiger partial charge in [-0.2, -0.15) is 0 Å². The van der Waals surface area contributed by atoms with E-state index in [1.807, 2.05) is 27.7 Å². The van der Waals surface area contributed by atoms with Crippen LogP contribution in [-0.2, 0) is 23.9 Å². The lowest BCUT2D eigenvalue weighted by atomic mass is 9.97. The second-order valence-corrected chi connectivity index (χ2v) is 16.8. The molecular formula is C53H107N3O5. The van der Waals surface area contributed by atoms with E-state index in [-0.39, 0.29) is 36.5 Å². The first-order chi connectivity index (χ1) is 29.6. The number of nitrogens with one attached hydrogen (secondary N) is 3. The summed E-state index contributed by atoms with van der Waals surface area (Å²) in [5.74, 6) is -0.976. The fourth-order valence-corrected chi connectivity index (χ4v) is 6.59. The molecule has 2 atom stereocenters. The van der Waals surface area contributed by atoms with Crippen LogP contribution in [0.15, 0.2) is 24.3 Å². The molecule has 0 rings (SSSR count). The molecule has 0 fully saturated rings. The van der Waals surface area contributed by atoms with Gasteiger partial charge in [0.25, 0.3) is 0 Å². The molecule has 0 aromatic rings. The summed E-state index contributed by atoms with van der Waals surface area (Å²) in [6.45, 7) is 32.2. The molecule has 0 aliphatic rings. The molecule has 0 spiro atoms. The van der Waals surface area contributed by atoms with Crippen molar-refractivity contribution in [3.05, 3.63) is 24.3 Å². The lowest BCUT2D eigenvalue weighted by molar-refractivity contribution is -0.131. The highest BCUT2D eigenvalue weighted by atomic mass is 16.5. The fourth-order valence-electron chi connectivity index (χ4n) is 6.59. The van der Waals surface area contributed by atoms with Crippen molar-refractivity contribution in [3.8, 4) is 0 Å². The number of allylic oxidation sites excluding steroid dienone is 1. The number of carbonyl (C=O) groups excluding carboxylic acids is 3. The molecule has 3 amide bonds. The molecule has 0 heterocycles. The van der Waals surface area contributed by atoms with E-state index in [2.05, 4.69) is 70.7 Å². The fraction of sp³-hybridized carbons (Fsp3) is 0.868. The molecular weight excluding hydrogens is 759 g/mol. The van der Waals surface area contributed by atoms with Gasteiger partial charge in [-0.05, 0) is 58.8 Å². The van der Waals surface area contributed by atoms with Gasteiger partial charge in [0.15, 0.2) is 0 Å². The maximum absolute atomic E-state index is 13.1. The van der Waals surface area contributed by atoms with E-state index in [4.69, 9.17) is 9.47 Å². The van der Waals surface area contributed by atoms with Crippen molar-refractivity contribution in [2.45, 2.75) is 255 Å². The van der Waals surface area contributed by atoms with Gasteiger partial charge in [-0.15, -0.1) is 6.58 Å². The van der Waals surface area contributed by atoms with Gasteiger partial charge in [-0.1, -0.05) is 202 Å². The lowest BCUT2D eigenvalue weighted by Crippen LogP contribution is -2.49. The van der Waals surface area contributed by atoms with E-state index in [9.17, 15) is 14.4 Å². The van der Waals surface area contributed by atoms with Gasteiger partial charge in [0.05, 0.1) is 5.92 Å². The van der Waals surface area contributed by atoms with Crippen molar-refractivity contribution in [1.82, 2.24) is 16.0 Å². The second-order valence-electron chi connectivity index (χ2n) is 16.8. The largest absolute Gasteiger partial charge is 0.381 e. The summed E-state index contributed by atoms with van der Waals surface area (Å²) in [6, 6.07) is -0.779. The third-order valence-electron chi connectivity index (χ3n) is 10.1. The van der Waals surface area contributed by atoms with Crippen LogP contribution >= 0.6 is 0 Å². The monoisotopic (exact) mass is 866 g/mol. The predicted octanol–water partition coefficient (Wildman–Crippen LogP) is 14.5. The zero-order valence-electron chi connectivity index (χ0n) is 42.7. The number of hydrogen-bond donors (Lipinski definition) is 3. The number of hydrogen-bond acceptors (Lipinski definition) is 5. The first kappa shape index (κ1) is 65.4. The molecule has 3 N–H and O–H groups in total. The summed E-state index contributed by atoms with van der Waals surface area (Å²) in [7, 11) is 0. The quantitative estimate of drug-likeness (QED) is 0.0420. The lowest BCUT2D eigenvalue weighted by Gasteiger charge is -2.22. The Morgan fingerprint density at radius 1 is 0.492 bits per heavy atom. The van der Waals surface area contributed by atoms with E-state index >= 15 is 0 Å². The van der Waals surface area contributed by atoms with Crippen molar-refractivity contribution in [2.24, 2.45) is 5.92 Å². The Bertz CT molecular complexity index is 956. The van der Waals surface area contributed by atoms with Crippen LogP contribution < -0.4 is 16.0 Å². The van der Waals surface area contributed by atoms with Crippen LogP contribution in [0.3, 0.4) is 0 Å². The first-order valence-corrected chi connectivity index (χ1v) is 25.9. The minimum atomic E-state index is -0.779. The molecule has 2 unspecified atom stereocenters. The Balaban J connectivity index is -0.00000131. The normalized spacial score (nSPS) is 11.4. The molecule has 0 aliphatic heterocycles. The molecule has 0 bridgehead atoms. The molecule has 0 saturated carbocycles. The Morgan fingerprint density at radius 2 is 0.869 bits per heavy atom. The zero-order valence-corrected chi connectivity index (χ0v) is 42.7. The molecule has 0 aromatic heterocycles. The van der Waals surface area contributed by atoms with Gasteiger partial charge >= 0.3 is 0 Å². The Labute approximate surface area is 381 Å². The summed E-state index contributed by atoms with van der Waals surface area (Å²) >= 11 is 0. The SMILES string of the molecule is C=C(C)C(CC)C(=O)NC(CCC(=O)NCCCOCCCCCCCCCCCC)C(=O)NCCCOCCCCCCCCCCCC.C=C(C)CCC.CC.CCC. The molecule has 0 aromatic carbocycles. The predicted molar refractivity (Wildman–Crippen MR) is 267 cm³/mol. The van der Waals surface area contributed by atoms with Gasteiger partial charge in [0.2, 0.25) is 17.7 Å². The van der Waals surface area contributed by atoms with Gasteiger partial charge in [-0.25, -0.2) is 0 Å². The molecule has 364 valence electrons. The maximum atomic E-state index is 13.1. The van der Waals surface area contributed by atoms with Crippen molar-refractivity contribution in [2.75, 3.05) is 39.5 Å². The van der Waals surface area contributed by atoms with Crippen LogP contribution in [0.5, 0.6) is 0 Å². The highest BCUT2D eigenvalue weighted by molar-refractivity contribution is 5.90. The smallest absolute Gasteiger partial charge is 0.242 e. The summed E-state index contributed by atoms with van der Waals surface area (Å²) in [5, 5.41) is 8.75. The topological polar surface area (TPSA) is 106 Å². The highest BCUT2D eigenvalue weighted by Gasteiger charge is 2.25. The highest BCUT2D eigenvalue weighted by Crippen LogP contribution is 2.14. The van der Waals surface area contributed by atoms with Crippen LogP contribution in [-0.4, -0.2) is 63.3 Å². The third kappa shape index (κ3) is 53.9. The van der Waals surface area contributed by atoms with Gasteiger partial charge in [0.1, 0.15) is 6.04 Å². The molecule has 61 heavy (non-hydrogen) atoms. The second kappa shape index (κ2) is 55.8. The van der Waals surface area contributed by atoms with E-state index < -0.39 is 6.04 Å². The zero-order chi connectivity index (χ0) is 46.6. The minimum absolute atomic E-state index is 0.126. The van der Waals surface area contributed by atoms with Crippen LogP contribution in [0.2, 0.25) is 0 Å². The first-order valence-electron chi connectivity index (χ1n) is 25.9.